The molecule has 0 radical (unpaired) electrons. The van der Waals surface area contributed by atoms with Gasteiger partial charge < -0.3 is 4.57 Å². The molecule has 0 aliphatic heterocycles. The summed E-state index contributed by atoms with van der Waals surface area (Å²) in [5, 5.41) is 0. The molecule has 0 N–H and O–H groups in total. The maximum absolute atomic E-state index is 11.6. The topological polar surface area (TPSA) is 34.9 Å². The van der Waals surface area contributed by atoms with Crippen LogP contribution < -0.4 is 5.56 Å². The molecule has 72 valence electrons. The van der Waals surface area contributed by atoms with Gasteiger partial charge in [0.15, 0.2) is 0 Å². The summed E-state index contributed by atoms with van der Waals surface area (Å²) in [5.74, 6) is 0. The van der Waals surface area contributed by atoms with E-state index >= 15 is 0 Å². The van der Waals surface area contributed by atoms with Crippen molar-refractivity contribution in [1.29, 1.82) is 0 Å². The fourth-order valence-corrected chi connectivity index (χ4v) is 1.63. The van der Waals surface area contributed by atoms with Crippen LogP contribution in [0.25, 0.3) is 11.0 Å². The number of hydrogen-bond acceptors (Lipinski definition) is 2. The van der Waals surface area contributed by atoms with Gasteiger partial charge in [-0.15, -0.1) is 0 Å². The van der Waals surface area contributed by atoms with Crippen molar-refractivity contribution in [2.75, 3.05) is 0 Å². The molecule has 14 heavy (non-hydrogen) atoms. The Bertz CT molecular complexity index is 555. The maximum atomic E-state index is 11.6. The van der Waals surface area contributed by atoms with Crippen molar-refractivity contribution in [2.24, 2.45) is 7.05 Å². The molecule has 1 heterocycles. The van der Waals surface area contributed by atoms with Crippen molar-refractivity contribution >= 4 is 11.0 Å². The van der Waals surface area contributed by atoms with Crippen LogP contribution in [0.3, 0.4) is 0 Å². The van der Waals surface area contributed by atoms with Gasteiger partial charge in [-0.2, -0.15) is 0 Å². The zero-order valence-corrected chi connectivity index (χ0v) is 8.53. The summed E-state index contributed by atoms with van der Waals surface area (Å²) < 4.78 is 1.64. The normalized spacial score (nSPS) is 10.8. The Balaban J connectivity index is 3.06. The molecule has 1 aromatic carbocycles. The zero-order chi connectivity index (χ0) is 10.3. The summed E-state index contributed by atoms with van der Waals surface area (Å²) in [4.78, 5) is 15.9. The van der Waals surface area contributed by atoms with E-state index in [9.17, 15) is 4.79 Å². The smallest absolute Gasteiger partial charge is 0.272 e. The number of aromatic nitrogens is 2. The molecule has 0 saturated heterocycles. The van der Waals surface area contributed by atoms with Gasteiger partial charge in [-0.1, -0.05) is 12.1 Å². The maximum Gasteiger partial charge on any atom is 0.272 e. The van der Waals surface area contributed by atoms with Crippen LogP contribution in [0.2, 0.25) is 0 Å². The fraction of sp³-hybridized carbons (Fsp3) is 0.273. The van der Waals surface area contributed by atoms with E-state index in [0.29, 0.717) is 5.69 Å². The number of nitrogens with zero attached hydrogens (tertiary/aromatic N) is 2. The molecule has 0 aliphatic rings. The second kappa shape index (κ2) is 2.94. The highest BCUT2D eigenvalue weighted by Gasteiger charge is 2.05. The Kier molecular flexibility index (Phi) is 1.88. The summed E-state index contributed by atoms with van der Waals surface area (Å²) in [6.07, 6.45) is 0. The molecular formula is C11H12N2O. The third kappa shape index (κ3) is 1.13. The first-order valence-corrected chi connectivity index (χ1v) is 4.54. The first kappa shape index (κ1) is 8.94. The molecule has 2 rings (SSSR count). The van der Waals surface area contributed by atoms with Crippen molar-refractivity contribution in [2.45, 2.75) is 13.8 Å². The highest BCUT2D eigenvalue weighted by atomic mass is 16.1. The number of hydrogen-bond donors (Lipinski definition) is 0. The molecule has 0 bridgehead atoms. The lowest BCUT2D eigenvalue weighted by molar-refractivity contribution is 0.871. The molecular weight excluding hydrogens is 176 g/mol. The van der Waals surface area contributed by atoms with Gasteiger partial charge in [-0.3, -0.25) is 4.79 Å². The van der Waals surface area contributed by atoms with Gasteiger partial charge in [0.2, 0.25) is 0 Å². The predicted octanol–water partition coefficient (Wildman–Crippen LogP) is 1.55. The molecule has 0 unspecified atom stereocenters. The molecule has 1 aromatic heterocycles. The zero-order valence-electron chi connectivity index (χ0n) is 8.53. The minimum absolute atomic E-state index is 0.0249. The lowest BCUT2D eigenvalue weighted by Gasteiger charge is -2.06. The quantitative estimate of drug-likeness (QED) is 0.628. The largest absolute Gasteiger partial charge is 0.308 e. The Hall–Kier alpha value is -1.64. The average Bonchev–Trinajstić information content (AvgIpc) is 2.17. The molecule has 0 spiro atoms. The number of benzene rings is 1. The monoisotopic (exact) mass is 188 g/mol. The Morgan fingerprint density at radius 1 is 1.29 bits per heavy atom. The minimum Gasteiger partial charge on any atom is -0.308 e. The molecule has 3 nitrogen and oxygen atoms in total. The van der Waals surface area contributed by atoms with Crippen LogP contribution in [-0.2, 0) is 7.05 Å². The Morgan fingerprint density at radius 3 is 2.71 bits per heavy atom. The van der Waals surface area contributed by atoms with Crippen LogP contribution in [0.15, 0.2) is 23.0 Å². The Labute approximate surface area is 82.0 Å². The third-order valence-electron chi connectivity index (χ3n) is 2.47. The second-order valence-corrected chi connectivity index (χ2v) is 3.50. The number of rotatable bonds is 0. The van der Waals surface area contributed by atoms with E-state index in [2.05, 4.69) is 4.98 Å². The summed E-state index contributed by atoms with van der Waals surface area (Å²) >= 11 is 0. The van der Waals surface area contributed by atoms with Crippen molar-refractivity contribution in [1.82, 2.24) is 9.55 Å². The van der Waals surface area contributed by atoms with Gasteiger partial charge in [-0.05, 0) is 25.5 Å². The van der Waals surface area contributed by atoms with Gasteiger partial charge in [0.05, 0.1) is 11.0 Å². The van der Waals surface area contributed by atoms with Crippen LogP contribution in [0, 0.1) is 13.8 Å². The summed E-state index contributed by atoms with van der Waals surface area (Å²) in [6.45, 7) is 3.74. The van der Waals surface area contributed by atoms with Crippen molar-refractivity contribution < 1.29 is 0 Å². The van der Waals surface area contributed by atoms with Crippen LogP contribution in [0.5, 0.6) is 0 Å². The van der Waals surface area contributed by atoms with E-state index in [0.717, 1.165) is 16.6 Å². The van der Waals surface area contributed by atoms with Crippen molar-refractivity contribution in [3.63, 3.8) is 0 Å². The van der Waals surface area contributed by atoms with E-state index in [-0.39, 0.29) is 5.56 Å². The number of para-hydroxylation sites is 1. The van der Waals surface area contributed by atoms with Gasteiger partial charge in [0.25, 0.3) is 5.56 Å². The third-order valence-corrected chi connectivity index (χ3v) is 2.47. The van der Waals surface area contributed by atoms with E-state index < -0.39 is 0 Å². The Morgan fingerprint density at radius 2 is 2.00 bits per heavy atom. The molecule has 0 amide bonds. The minimum atomic E-state index is -0.0249. The predicted molar refractivity (Wildman–Crippen MR) is 56.5 cm³/mol. The highest BCUT2D eigenvalue weighted by molar-refractivity contribution is 5.78. The van der Waals surface area contributed by atoms with Gasteiger partial charge in [0, 0.05) is 7.05 Å². The van der Waals surface area contributed by atoms with Crippen LogP contribution in [0.4, 0.5) is 0 Å². The van der Waals surface area contributed by atoms with Crippen molar-refractivity contribution in [3.8, 4) is 0 Å². The number of fused-ring (bicyclic) bond motifs is 1. The van der Waals surface area contributed by atoms with E-state index in [1.165, 1.54) is 0 Å². The first-order valence-electron chi connectivity index (χ1n) is 4.54. The lowest BCUT2D eigenvalue weighted by Crippen LogP contribution is -2.21. The van der Waals surface area contributed by atoms with Crippen LogP contribution in [0.1, 0.15) is 11.3 Å². The SMILES string of the molecule is Cc1nc2c(C)cccc2n(C)c1=O. The van der Waals surface area contributed by atoms with Gasteiger partial charge in [0.1, 0.15) is 5.69 Å². The van der Waals surface area contributed by atoms with E-state index in [1.54, 1.807) is 18.5 Å². The molecule has 0 fully saturated rings. The van der Waals surface area contributed by atoms with E-state index in [1.807, 2.05) is 25.1 Å². The molecule has 0 aliphatic carbocycles. The van der Waals surface area contributed by atoms with Crippen molar-refractivity contribution in [3.05, 3.63) is 39.8 Å². The molecule has 0 saturated carbocycles. The number of aryl methyl sites for hydroxylation is 3. The highest BCUT2D eigenvalue weighted by Crippen LogP contribution is 2.13. The summed E-state index contributed by atoms with van der Waals surface area (Å²) in [6, 6.07) is 5.85. The van der Waals surface area contributed by atoms with Gasteiger partial charge in [-0.25, -0.2) is 4.98 Å². The van der Waals surface area contributed by atoms with E-state index in [4.69, 9.17) is 0 Å². The van der Waals surface area contributed by atoms with Crippen LogP contribution in [-0.4, -0.2) is 9.55 Å². The van der Waals surface area contributed by atoms with Gasteiger partial charge >= 0.3 is 0 Å². The lowest BCUT2D eigenvalue weighted by atomic mass is 10.2. The first-order chi connectivity index (χ1) is 6.61. The molecule has 2 aromatic rings. The molecule has 0 atom stereocenters. The molecule has 3 heteroatoms. The average molecular weight is 188 g/mol. The van der Waals surface area contributed by atoms with Crippen LogP contribution >= 0.6 is 0 Å². The summed E-state index contributed by atoms with van der Waals surface area (Å²) in [7, 11) is 1.78. The fourth-order valence-electron chi connectivity index (χ4n) is 1.63. The standard InChI is InChI=1S/C11H12N2O/c1-7-5-4-6-9-10(7)12-8(2)11(14)13(9)3/h4-6H,1-3H3. The second-order valence-electron chi connectivity index (χ2n) is 3.50. The summed E-state index contributed by atoms with van der Waals surface area (Å²) in [5.41, 5.74) is 3.42.